The van der Waals surface area contributed by atoms with Crippen molar-refractivity contribution in [1.82, 2.24) is 14.3 Å². The second-order valence-corrected chi connectivity index (χ2v) is 9.12. The van der Waals surface area contributed by atoms with E-state index in [1.165, 1.54) is 28.8 Å². The summed E-state index contributed by atoms with van der Waals surface area (Å²) in [5, 5.41) is 9.34. The summed E-state index contributed by atoms with van der Waals surface area (Å²) in [6, 6.07) is 11.0. The third-order valence-corrected chi connectivity index (χ3v) is 7.16. The molecule has 3 N–H and O–H groups in total. The first-order valence-corrected chi connectivity index (χ1v) is 10.9. The Bertz CT molecular complexity index is 1170. The zero-order valence-corrected chi connectivity index (χ0v) is 16.9. The van der Waals surface area contributed by atoms with Crippen molar-refractivity contribution >= 4 is 15.8 Å². The molecule has 3 aromatic rings. The predicted octanol–water partition coefficient (Wildman–Crippen LogP) is 2.53. The van der Waals surface area contributed by atoms with Gasteiger partial charge in [-0.05, 0) is 36.1 Å². The fourth-order valence-electron chi connectivity index (χ4n) is 3.60. The number of aromatic nitrogens is 2. The number of sulfonamides is 1. The average molecular weight is 428 g/mol. The number of nitrogen functional groups attached to an aromatic ring is 1. The van der Waals surface area contributed by atoms with Crippen LogP contribution in [0.4, 0.5) is 10.2 Å². The Hall–Kier alpha value is -2.88. The second-order valence-electron chi connectivity index (χ2n) is 7.22. The van der Waals surface area contributed by atoms with Gasteiger partial charge in [0.1, 0.15) is 11.6 Å². The van der Waals surface area contributed by atoms with E-state index in [9.17, 15) is 17.9 Å². The number of hydrogen-bond donors (Lipinski definition) is 2. The number of anilines is 1. The smallest absolute Gasteiger partial charge is 0.243 e. The molecule has 9 heteroatoms. The van der Waals surface area contributed by atoms with Crippen LogP contribution in [0.25, 0.3) is 22.4 Å². The van der Waals surface area contributed by atoms with Gasteiger partial charge in [0.25, 0.3) is 0 Å². The molecule has 0 saturated carbocycles. The molecule has 1 aliphatic rings. The van der Waals surface area contributed by atoms with Crippen molar-refractivity contribution in [3.63, 3.8) is 0 Å². The van der Waals surface area contributed by atoms with Crippen molar-refractivity contribution in [2.75, 3.05) is 25.4 Å². The van der Waals surface area contributed by atoms with E-state index in [0.29, 0.717) is 29.8 Å². The Kier molecular flexibility index (Phi) is 5.50. The van der Waals surface area contributed by atoms with E-state index in [1.807, 2.05) is 0 Å². The highest BCUT2D eigenvalue weighted by molar-refractivity contribution is 7.89. The van der Waals surface area contributed by atoms with Crippen LogP contribution in [0.5, 0.6) is 0 Å². The highest BCUT2D eigenvalue weighted by atomic mass is 32.2. The van der Waals surface area contributed by atoms with Gasteiger partial charge in [0.05, 0.1) is 23.0 Å². The topological polar surface area (TPSA) is 109 Å². The zero-order chi connectivity index (χ0) is 21.3. The lowest BCUT2D eigenvalue weighted by atomic mass is 10.0. The van der Waals surface area contributed by atoms with Gasteiger partial charge in [0, 0.05) is 30.8 Å². The molecule has 0 spiro atoms. The van der Waals surface area contributed by atoms with Crippen molar-refractivity contribution < 1.29 is 17.9 Å². The summed E-state index contributed by atoms with van der Waals surface area (Å²) < 4.78 is 42.7. The standard InChI is InChI=1S/C21H21FN4O3S/c22-18-9-15(5-6-17(18)19-10-25-21(23)11-24-19)16-3-1-2-4-20(16)30(28,29)26-8-7-14(12-26)13-27/h1-6,9-11,14,27H,7-8,12-13H2,(H2,23,25)/t14-/m0/s1. The molecule has 1 atom stereocenters. The van der Waals surface area contributed by atoms with Gasteiger partial charge in [-0.1, -0.05) is 24.3 Å². The fourth-order valence-corrected chi connectivity index (χ4v) is 5.35. The maximum atomic E-state index is 14.9. The number of aliphatic hydroxyl groups is 1. The van der Waals surface area contributed by atoms with Crippen molar-refractivity contribution in [3.8, 4) is 22.4 Å². The first kappa shape index (κ1) is 20.4. The van der Waals surface area contributed by atoms with Crippen LogP contribution in [0.15, 0.2) is 59.8 Å². The quantitative estimate of drug-likeness (QED) is 0.646. The lowest BCUT2D eigenvalue weighted by Crippen LogP contribution is -2.29. The van der Waals surface area contributed by atoms with Crippen molar-refractivity contribution in [3.05, 3.63) is 60.7 Å². The second kappa shape index (κ2) is 8.10. The number of nitrogens with two attached hydrogens (primary N) is 1. The molecule has 0 bridgehead atoms. The molecule has 0 unspecified atom stereocenters. The SMILES string of the molecule is Nc1cnc(-c2ccc(-c3ccccc3S(=O)(=O)N3CC[C@H](CO)C3)cc2F)cn1. The van der Waals surface area contributed by atoms with E-state index in [0.717, 1.165) is 0 Å². The maximum Gasteiger partial charge on any atom is 0.243 e. The van der Waals surface area contributed by atoms with Gasteiger partial charge in [-0.2, -0.15) is 4.31 Å². The summed E-state index contributed by atoms with van der Waals surface area (Å²) in [5.74, 6) is -0.370. The molecular weight excluding hydrogens is 407 g/mol. The lowest BCUT2D eigenvalue weighted by molar-refractivity contribution is 0.233. The molecule has 156 valence electrons. The summed E-state index contributed by atoms with van der Waals surface area (Å²) in [6.45, 7) is 0.579. The molecule has 7 nitrogen and oxygen atoms in total. The minimum atomic E-state index is -3.78. The molecule has 2 heterocycles. The van der Waals surface area contributed by atoms with Crippen LogP contribution in [0.2, 0.25) is 0 Å². The first-order valence-electron chi connectivity index (χ1n) is 9.48. The van der Waals surface area contributed by atoms with E-state index in [1.54, 1.807) is 30.3 Å². The number of benzene rings is 2. The molecule has 4 rings (SSSR count). The van der Waals surface area contributed by atoms with E-state index in [-0.39, 0.29) is 35.3 Å². The Morgan fingerprint density at radius 3 is 2.60 bits per heavy atom. The minimum absolute atomic E-state index is 0.0473. The summed E-state index contributed by atoms with van der Waals surface area (Å²) in [5.41, 5.74) is 6.97. The Labute approximate surface area is 174 Å². The molecule has 0 radical (unpaired) electrons. The van der Waals surface area contributed by atoms with Crippen molar-refractivity contribution in [1.29, 1.82) is 0 Å². The molecule has 0 amide bonds. The summed E-state index contributed by atoms with van der Waals surface area (Å²) in [4.78, 5) is 8.13. The monoisotopic (exact) mass is 428 g/mol. The molecular formula is C21H21FN4O3S. The van der Waals surface area contributed by atoms with Crippen LogP contribution in [0.1, 0.15) is 6.42 Å². The summed E-state index contributed by atoms with van der Waals surface area (Å²) in [7, 11) is -3.78. The van der Waals surface area contributed by atoms with Crippen molar-refractivity contribution in [2.24, 2.45) is 5.92 Å². The van der Waals surface area contributed by atoms with Crippen LogP contribution in [0.3, 0.4) is 0 Å². The minimum Gasteiger partial charge on any atom is -0.396 e. The van der Waals surface area contributed by atoms with E-state index in [2.05, 4.69) is 9.97 Å². The molecule has 2 aromatic carbocycles. The predicted molar refractivity (Wildman–Crippen MR) is 111 cm³/mol. The van der Waals surface area contributed by atoms with Gasteiger partial charge in [-0.15, -0.1) is 0 Å². The molecule has 0 aliphatic carbocycles. The third-order valence-electron chi connectivity index (χ3n) is 5.24. The Morgan fingerprint density at radius 2 is 1.93 bits per heavy atom. The lowest BCUT2D eigenvalue weighted by Gasteiger charge is -2.19. The Morgan fingerprint density at radius 1 is 1.13 bits per heavy atom. The largest absolute Gasteiger partial charge is 0.396 e. The van der Waals surface area contributed by atoms with E-state index < -0.39 is 15.8 Å². The van der Waals surface area contributed by atoms with Gasteiger partial charge in [0.2, 0.25) is 10.0 Å². The van der Waals surface area contributed by atoms with Gasteiger partial charge in [0.15, 0.2) is 0 Å². The first-order chi connectivity index (χ1) is 14.4. The van der Waals surface area contributed by atoms with Gasteiger partial charge < -0.3 is 10.8 Å². The van der Waals surface area contributed by atoms with E-state index >= 15 is 0 Å². The third kappa shape index (κ3) is 3.79. The normalized spacial score (nSPS) is 17.3. The van der Waals surface area contributed by atoms with Gasteiger partial charge in [-0.25, -0.2) is 17.8 Å². The number of aliphatic hydroxyl groups excluding tert-OH is 1. The fraction of sp³-hybridized carbons (Fsp3) is 0.238. The number of hydrogen-bond acceptors (Lipinski definition) is 6. The zero-order valence-electron chi connectivity index (χ0n) is 16.1. The number of nitrogens with zero attached hydrogens (tertiary/aromatic N) is 3. The molecule has 1 fully saturated rings. The molecule has 30 heavy (non-hydrogen) atoms. The van der Waals surface area contributed by atoms with Crippen LogP contribution in [0, 0.1) is 11.7 Å². The molecule has 1 aliphatic heterocycles. The average Bonchev–Trinajstić information content (AvgIpc) is 3.25. The Balaban J connectivity index is 1.72. The maximum absolute atomic E-state index is 14.9. The van der Waals surface area contributed by atoms with Crippen LogP contribution >= 0.6 is 0 Å². The number of rotatable bonds is 5. The summed E-state index contributed by atoms with van der Waals surface area (Å²) in [6.07, 6.45) is 3.35. The van der Waals surface area contributed by atoms with Crippen LogP contribution in [-0.2, 0) is 10.0 Å². The van der Waals surface area contributed by atoms with Gasteiger partial charge in [-0.3, -0.25) is 4.98 Å². The van der Waals surface area contributed by atoms with E-state index in [4.69, 9.17) is 5.73 Å². The van der Waals surface area contributed by atoms with Crippen LogP contribution < -0.4 is 5.73 Å². The van der Waals surface area contributed by atoms with Gasteiger partial charge >= 0.3 is 0 Å². The number of halogens is 1. The van der Waals surface area contributed by atoms with Crippen molar-refractivity contribution in [2.45, 2.75) is 11.3 Å². The summed E-state index contributed by atoms with van der Waals surface area (Å²) >= 11 is 0. The highest BCUT2D eigenvalue weighted by Gasteiger charge is 2.33. The highest BCUT2D eigenvalue weighted by Crippen LogP contribution is 2.33. The van der Waals surface area contributed by atoms with Crippen LogP contribution in [-0.4, -0.2) is 47.5 Å². The molecule has 1 aromatic heterocycles. The molecule has 1 saturated heterocycles.